The first kappa shape index (κ1) is 24.2. The van der Waals surface area contributed by atoms with E-state index in [1.807, 2.05) is 37.3 Å². The maximum absolute atomic E-state index is 13.3. The number of carbonyl (C=O) groups excluding carboxylic acids is 1. The predicted molar refractivity (Wildman–Crippen MR) is 137 cm³/mol. The zero-order chi connectivity index (χ0) is 24.9. The fourth-order valence-electron chi connectivity index (χ4n) is 3.64. The van der Waals surface area contributed by atoms with E-state index in [-0.39, 0.29) is 18.3 Å². The molecule has 0 atom stereocenters. The summed E-state index contributed by atoms with van der Waals surface area (Å²) in [4.78, 5) is 16.4. The Morgan fingerprint density at radius 2 is 1.69 bits per heavy atom. The monoisotopic (exact) mass is 492 g/mol. The van der Waals surface area contributed by atoms with Gasteiger partial charge < -0.3 is 19.1 Å². The zero-order valence-corrected chi connectivity index (χ0v) is 20.5. The van der Waals surface area contributed by atoms with Gasteiger partial charge in [-0.25, -0.2) is 4.39 Å². The molecule has 3 aromatic carbocycles. The number of anilines is 1. The van der Waals surface area contributed by atoms with E-state index >= 15 is 0 Å². The molecule has 1 heterocycles. The highest BCUT2D eigenvalue weighted by Crippen LogP contribution is 2.32. The van der Waals surface area contributed by atoms with Gasteiger partial charge in [0.05, 0.1) is 19.4 Å². The highest BCUT2D eigenvalue weighted by molar-refractivity contribution is 7.80. The summed E-state index contributed by atoms with van der Waals surface area (Å²) < 4.78 is 29.9. The lowest BCUT2D eigenvalue weighted by atomic mass is 10.1. The number of benzene rings is 3. The Balaban J connectivity index is 1.54. The van der Waals surface area contributed by atoms with Gasteiger partial charge in [-0.2, -0.15) is 0 Å². The van der Waals surface area contributed by atoms with Crippen molar-refractivity contribution in [2.45, 2.75) is 13.5 Å². The molecule has 0 aliphatic carbocycles. The van der Waals surface area contributed by atoms with Crippen molar-refractivity contribution in [1.29, 1.82) is 0 Å². The number of halogens is 1. The number of nitrogens with zero attached hydrogens (tertiary/aromatic N) is 2. The molecule has 1 aliphatic rings. The molecule has 1 aliphatic heterocycles. The van der Waals surface area contributed by atoms with Crippen LogP contribution in [0, 0.1) is 5.82 Å². The Morgan fingerprint density at radius 3 is 2.34 bits per heavy atom. The Labute approximate surface area is 209 Å². The van der Waals surface area contributed by atoms with Crippen LogP contribution < -0.4 is 19.1 Å². The van der Waals surface area contributed by atoms with Crippen molar-refractivity contribution in [3.8, 4) is 17.2 Å². The summed E-state index contributed by atoms with van der Waals surface area (Å²) in [5.41, 5.74) is 2.69. The van der Waals surface area contributed by atoms with E-state index in [0.717, 1.165) is 16.9 Å². The molecule has 0 radical (unpaired) electrons. The van der Waals surface area contributed by atoms with Gasteiger partial charge in [-0.1, -0.05) is 18.2 Å². The minimum absolute atomic E-state index is 0.225. The van der Waals surface area contributed by atoms with E-state index in [1.54, 1.807) is 49.4 Å². The summed E-state index contributed by atoms with van der Waals surface area (Å²) in [6.07, 6.45) is 1.76. The van der Waals surface area contributed by atoms with Gasteiger partial charge in [0.1, 0.15) is 23.9 Å². The Kier molecular flexibility index (Phi) is 7.31. The Hall–Kier alpha value is -3.91. The van der Waals surface area contributed by atoms with Crippen LogP contribution in [0.2, 0.25) is 0 Å². The highest BCUT2D eigenvalue weighted by Gasteiger charge is 2.36. The lowest BCUT2D eigenvalue weighted by Crippen LogP contribution is -2.31. The number of ether oxygens (including phenoxy) is 3. The van der Waals surface area contributed by atoms with Crippen LogP contribution in [0.5, 0.6) is 17.2 Å². The molecule has 0 spiro atoms. The number of hydrogen-bond acceptors (Lipinski definition) is 5. The maximum atomic E-state index is 13.3. The number of rotatable bonds is 8. The second kappa shape index (κ2) is 10.6. The van der Waals surface area contributed by atoms with Gasteiger partial charge in [0.25, 0.3) is 5.91 Å². The molecule has 35 heavy (non-hydrogen) atoms. The minimum Gasteiger partial charge on any atom is -0.494 e. The number of thiocarbonyl (C=S) groups is 1. The van der Waals surface area contributed by atoms with Crippen LogP contribution in [0.1, 0.15) is 18.1 Å². The van der Waals surface area contributed by atoms with Crippen molar-refractivity contribution in [1.82, 2.24) is 4.90 Å². The Morgan fingerprint density at radius 1 is 0.971 bits per heavy atom. The quantitative estimate of drug-likeness (QED) is 0.309. The molecular weight excluding hydrogens is 467 g/mol. The molecule has 3 aromatic rings. The topological polar surface area (TPSA) is 51.2 Å². The maximum Gasteiger partial charge on any atom is 0.281 e. The van der Waals surface area contributed by atoms with Gasteiger partial charge >= 0.3 is 0 Å². The Bertz CT molecular complexity index is 1260. The van der Waals surface area contributed by atoms with Crippen molar-refractivity contribution in [3.63, 3.8) is 0 Å². The third-order valence-corrected chi connectivity index (χ3v) is 5.92. The molecule has 4 rings (SSSR count). The molecule has 0 aromatic heterocycles. The van der Waals surface area contributed by atoms with Crippen LogP contribution in [-0.2, 0) is 11.4 Å². The number of amides is 1. The van der Waals surface area contributed by atoms with Crippen molar-refractivity contribution < 1.29 is 23.4 Å². The van der Waals surface area contributed by atoms with Crippen LogP contribution in [0.15, 0.2) is 72.4 Å². The number of methoxy groups -OCH3 is 1. The molecule has 0 unspecified atom stereocenters. The van der Waals surface area contributed by atoms with Crippen molar-refractivity contribution in [2.75, 3.05) is 25.7 Å². The van der Waals surface area contributed by atoms with E-state index < -0.39 is 0 Å². The molecule has 0 bridgehead atoms. The summed E-state index contributed by atoms with van der Waals surface area (Å²) >= 11 is 5.55. The van der Waals surface area contributed by atoms with Gasteiger partial charge in [-0.05, 0) is 84.9 Å². The molecule has 0 N–H and O–H groups in total. The third kappa shape index (κ3) is 5.27. The standard InChI is InChI=1S/C27H25FN2O4S/c1-4-33-22-12-10-21(11-13-22)30-26(31)23(29(2)27(30)35)15-19-7-14-24(25(16-19)32-3)34-17-18-5-8-20(28)9-6-18/h5-16H,4,17H2,1-3H3/b23-15-. The summed E-state index contributed by atoms with van der Waals surface area (Å²) in [6.45, 7) is 2.75. The van der Waals surface area contributed by atoms with Crippen molar-refractivity contribution >= 4 is 35.0 Å². The third-order valence-electron chi connectivity index (χ3n) is 5.47. The lowest BCUT2D eigenvalue weighted by molar-refractivity contribution is -0.114. The van der Waals surface area contributed by atoms with E-state index in [2.05, 4.69) is 0 Å². The molecule has 6 nitrogen and oxygen atoms in total. The first-order valence-corrected chi connectivity index (χ1v) is 11.4. The summed E-state index contributed by atoms with van der Waals surface area (Å²) in [6, 6.07) is 18.8. The average molecular weight is 493 g/mol. The second-order valence-electron chi connectivity index (χ2n) is 7.76. The fraction of sp³-hybridized carbons (Fsp3) is 0.185. The second-order valence-corrected chi connectivity index (χ2v) is 8.13. The van der Waals surface area contributed by atoms with Crippen LogP contribution in [0.4, 0.5) is 10.1 Å². The SMILES string of the molecule is CCOc1ccc(N2C(=O)/C(=C/c3ccc(OCc4ccc(F)cc4)c(OC)c3)N(C)C2=S)cc1. The van der Waals surface area contributed by atoms with Gasteiger partial charge in [0.2, 0.25) is 0 Å². The molecule has 180 valence electrons. The van der Waals surface area contributed by atoms with E-state index in [9.17, 15) is 9.18 Å². The van der Waals surface area contributed by atoms with Crippen LogP contribution in [0.3, 0.4) is 0 Å². The zero-order valence-electron chi connectivity index (χ0n) is 19.7. The average Bonchev–Trinajstić information content (AvgIpc) is 3.08. The molecule has 1 fully saturated rings. The number of hydrogen-bond donors (Lipinski definition) is 0. The normalized spacial score (nSPS) is 14.6. The molecule has 1 amide bonds. The molecule has 8 heteroatoms. The smallest absolute Gasteiger partial charge is 0.281 e. The first-order chi connectivity index (χ1) is 16.9. The summed E-state index contributed by atoms with van der Waals surface area (Å²) in [5.74, 6) is 1.26. The van der Waals surface area contributed by atoms with Gasteiger partial charge in [-0.15, -0.1) is 0 Å². The molecule has 0 saturated carbocycles. The summed E-state index contributed by atoms with van der Waals surface area (Å²) in [7, 11) is 3.31. The fourth-order valence-corrected chi connectivity index (χ4v) is 3.92. The lowest BCUT2D eigenvalue weighted by Gasteiger charge is -2.16. The molecular formula is C27H25FN2O4S. The van der Waals surface area contributed by atoms with Crippen LogP contribution in [-0.4, -0.2) is 36.7 Å². The largest absolute Gasteiger partial charge is 0.494 e. The number of likely N-dealkylation sites (N-methyl/N-ethyl adjacent to an activating group) is 1. The van der Waals surface area contributed by atoms with Gasteiger partial charge in [0.15, 0.2) is 16.6 Å². The summed E-state index contributed by atoms with van der Waals surface area (Å²) in [5, 5.41) is 0.386. The highest BCUT2D eigenvalue weighted by atomic mass is 32.1. The minimum atomic E-state index is -0.296. The van der Waals surface area contributed by atoms with Crippen molar-refractivity contribution in [3.05, 3.63) is 89.4 Å². The predicted octanol–water partition coefficient (Wildman–Crippen LogP) is 5.42. The number of carbonyl (C=O) groups is 1. The van der Waals surface area contributed by atoms with Gasteiger partial charge in [0, 0.05) is 7.05 Å². The van der Waals surface area contributed by atoms with Crippen LogP contribution >= 0.6 is 12.2 Å². The van der Waals surface area contributed by atoms with Gasteiger partial charge in [-0.3, -0.25) is 9.69 Å². The molecule has 1 saturated heterocycles. The van der Waals surface area contributed by atoms with Crippen molar-refractivity contribution in [2.24, 2.45) is 0 Å². The van der Waals surface area contributed by atoms with Crippen LogP contribution in [0.25, 0.3) is 6.08 Å². The van der Waals surface area contributed by atoms with E-state index in [1.165, 1.54) is 17.0 Å². The first-order valence-electron chi connectivity index (χ1n) is 11.0. The van der Waals surface area contributed by atoms with E-state index in [4.69, 9.17) is 26.4 Å². The van der Waals surface area contributed by atoms with E-state index in [0.29, 0.717) is 34.6 Å².